The molecule has 4 heteroatoms. The number of benzene rings is 2. The summed E-state index contributed by atoms with van der Waals surface area (Å²) in [6.07, 6.45) is 2.18. The van der Waals surface area contributed by atoms with Gasteiger partial charge in [0.05, 0.1) is 0 Å². The topological polar surface area (TPSA) is 52.6 Å². The molecule has 1 atom stereocenters. The minimum atomic E-state index is -1.30. The summed E-state index contributed by atoms with van der Waals surface area (Å²) in [5, 5.41) is 14.2. The molecule has 1 amide bonds. The number of hydrogen-bond donors (Lipinski definition) is 2. The van der Waals surface area contributed by atoms with Gasteiger partial charge in [-0.3, -0.25) is 4.79 Å². The van der Waals surface area contributed by atoms with Gasteiger partial charge in [0.2, 0.25) is 0 Å². The lowest BCUT2D eigenvalue weighted by Crippen LogP contribution is -2.58. The van der Waals surface area contributed by atoms with Gasteiger partial charge >= 0.3 is 0 Å². The second-order valence-corrected chi connectivity index (χ2v) is 7.69. The van der Waals surface area contributed by atoms with Crippen LogP contribution in [0.2, 0.25) is 0 Å². The van der Waals surface area contributed by atoms with Crippen molar-refractivity contribution < 1.29 is 9.90 Å². The van der Waals surface area contributed by atoms with Crippen molar-refractivity contribution in [3.05, 3.63) is 70.8 Å². The molecule has 0 bridgehead atoms. The highest BCUT2D eigenvalue weighted by molar-refractivity contribution is 5.86. The summed E-state index contributed by atoms with van der Waals surface area (Å²) in [5.74, 6) is -0.141. The molecule has 27 heavy (non-hydrogen) atoms. The third kappa shape index (κ3) is 4.96. The van der Waals surface area contributed by atoms with Crippen molar-refractivity contribution in [3.63, 3.8) is 0 Å². The standard InChI is InChI=1S/C23H30N2O2/c1-18-9-10-21(15-19(18)2)16-24-17-23(27)12-6-13-25(22(23)26)14-11-20-7-4-3-5-8-20/h3-5,7-10,15,24,27H,6,11-14,16-17H2,1-2H3/t23-/m1/s1. The lowest BCUT2D eigenvalue weighted by Gasteiger charge is -2.38. The lowest BCUT2D eigenvalue weighted by atomic mass is 9.91. The van der Waals surface area contributed by atoms with Gasteiger partial charge in [0, 0.05) is 26.2 Å². The van der Waals surface area contributed by atoms with Crippen LogP contribution in [-0.4, -0.2) is 41.1 Å². The third-order valence-electron chi connectivity index (χ3n) is 5.53. The van der Waals surface area contributed by atoms with Gasteiger partial charge in [-0.1, -0.05) is 48.5 Å². The molecule has 0 radical (unpaired) electrons. The highest BCUT2D eigenvalue weighted by atomic mass is 16.3. The number of aryl methyl sites for hydroxylation is 2. The zero-order valence-electron chi connectivity index (χ0n) is 16.4. The molecule has 1 aliphatic heterocycles. The maximum atomic E-state index is 12.8. The van der Waals surface area contributed by atoms with E-state index in [4.69, 9.17) is 0 Å². The van der Waals surface area contributed by atoms with E-state index in [1.54, 1.807) is 0 Å². The number of likely N-dealkylation sites (tertiary alicyclic amines) is 1. The quantitative estimate of drug-likeness (QED) is 0.792. The molecule has 2 aromatic carbocycles. The number of piperidine rings is 1. The molecule has 2 N–H and O–H groups in total. The number of carbonyl (C=O) groups is 1. The fraction of sp³-hybridized carbons (Fsp3) is 0.435. The molecule has 144 valence electrons. The van der Waals surface area contributed by atoms with E-state index in [1.165, 1.54) is 22.3 Å². The van der Waals surface area contributed by atoms with Crippen LogP contribution in [0.25, 0.3) is 0 Å². The van der Waals surface area contributed by atoms with E-state index in [1.807, 2.05) is 23.1 Å². The number of amides is 1. The first kappa shape index (κ1) is 19.6. The predicted molar refractivity (Wildman–Crippen MR) is 109 cm³/mol. The summed E-state index contributed by atoms with van der Waals surface area (Å²) in [7, 11) is 0. The van der Waals surface area contributed by atoms with Crippen LogP contribution in [0.5, 0.6) is 0 Å². The first-order valence-electron chi connectivity index (χ1n) is 9.80. The SMILES string of the molecule is Cc1ccc(CNC[C@]2(O)CCCN(CCc3ccccc3)C2=O)cc1C. The molecular formula is C23H30N2O2. The van der Waals surface area contributed by atoms with Crippen LogP contribution in [0.1, 0.15) is 35.1 Å². The Morgan fingerprint density at radius 2 is 1.85 bits per heavy atom. The van der Waals surface area contributed by atoms with E-state index in [2.05, 4.69) is 49.5 Å². The van der Waals surface area contributed by atoms with Gasteiger partial charge in [-0.2, -0.15) is 0 Å². The summed E-state index contributed by atoms with van der Waals surface area (Å²) in [4.78, 5) is 14.7. The average molecular weight is 367 g/mol. The Labute approximate surface area is 162 Å². The van der Waals surface area contributed by atoms with Gasteiger partial charge in [0.1, 0.15) is 0 Å². The van der Waals surface area contributed by atoms with Gasteiger partial charge < -0.3 is 15.3 Å². The van der Waals surface area contributed by atoms with Gasteiger partial charge in [0.25, 0.3) is 5.91 Å². The van der Waals surface area contributed by atoms with Crippen molar-refractivity contribution in [2.75, 3.05) is 19.6 Å². The maximum Gasteiger partial charge on any atom is 0.255 e. The van der Waals surface area contributed by atoms with Crippen LogP contribution < -0.4 is 5.32 Å². The molecule has 1 saturated heterocycles. The molecule has 4 nitrogen and oxygen atoms in total. The van der Waals surface area contributed by atoms with E-state index in [0.29, 0.717) is 26.1 Å². The van der Waals surface area contributed by atoms with Gasteiger partial charge in [0.15, 0.2) is 5.60 Å². The first-order chi connectivity index (χ1) is 13.0. The van der Waals surface area contributed by atoms with Crippen molar-refractivity contribution in [2.45, 2.75) is 45.3 Å². The summed E-state index contributed by atoms with van der Waals surface area (Å²) in [6.45, 7) is 6.52. The average Bonchev–Trinajstić information content (AvgIpc) is 2.67. The zero-order valence-corrected chi connectivity index (χ0v) is 16.4. The second kappa shape index (κ2) is 8.68. The predicted octanol–water partition coefficient (Wildman–Crippen LogP) is 2.99. The van der Waals surface area contributed by atoms with Crippen molar-refractivity contribution in [1.29, 1.82) is 0 Å². The van der Waals surface area contributed by atoms with Crippen LogP contribution in [-0.2, 0) is 17.8 Å². The van der Waals surface area contributed by atoms with Crippen LogP contribution in [0.4, 0.5) is 0 Å². The Morgan fingerprint density at radius 3 is 2.59 bits per heavy atom. The first-order valence-corrected chi connectivity index (χ1v) is 9.80. The Balaban J connectivity index is 1.54. The normalized spacial score (nSPS) is 20.1. The number of nitrogens with one attached hydrogen (secondary N) is 1. The number of nitrogens with zero attached hydrogens (tertiary/aromatic N) is 1. The van der Waals surface area contributed by atoms with Gasteiger partial charge in [-0.25, -0.2) is 0 Å². The summed E-state index contributed by atoms with van der Waals surface area (Å²) < 4.78 is 0. The Kier molecular flexibility index (Phi) is 6.30. The molecule has 1 aliphatic rings. The van der Waals surface area contributed by atoms with Crippen LogP contribution in [0.3, 0.4) is 0 Å². The molecule has 0 unspecified atom stereocenters. The largest absolute Gasteiger partial charge is 0.379 e. The van der Waals surface area contributed by atoms with E-state index in [-0.39, 0.29) is 5.91 Å². The van der Waals surface area contributed by atoms with Crippen molar-refractivity contribution in [2.24, 2.45) is 0 Å². The van der Waals surface area contributed by atoms with E-state index in [0.717, 1.165) is 19.4 Å². The molecule has 1 heterocycles. The highest BCUT2D eigenvalue weighted by Crippen LogP contribution is 2.23. The molecule has 3 rings (SSSR count). The minimum absolute atomic E-state index is 0.141. The fourth-order valence-corrected chi connectivity index (χ4v) is 3.68. The molecule has 0 aromatic heterocycles. The Hall–Kier alpha value is -2.17. The lowest BCUT2D eigenvalue weighted by molar-refractivity contribution is -0.156. The smallest absolute Gasteiger partial charge is 0.255 e. The van der Waals surface area contributed by atoms with Crippen molar-refractivity contribution in [3.8, 4) is 0 Å². The van der Waals surface area contributed by atoms with Crippen molar-refractivity contribution in [1.82, 2.24) is 10.2 Å². The fourth-order valence-electron chi connectivity index (χ4n) is 3.68. The summed E-state index contributed by atoms with van der Waals surface area (Å²) >= 11 is 0. The minimum Gasteiger partial charge on any atom is -0.379 e. The van der Waals surface area contributed by atoms with Crippen LogP contribution in [0.15, 0.2) is 48.5 Å². The Bertz CT molecular complexity index is 775. The number of carbonyl (C=O) groups excluding carboxylic acids is 1. The molecule has 0 spiro atoms. The molecule has 0 aliphatic carbocycles. The second-order valence-electron chi connectivity index (χ2n) is 7.69. The highest BCUT2D eigenvalue weighted by Gasteiger charge is 2.41. The van der Waals surface area contributed by atoms with E-state index in [9.17, 15) is 9.90 Å². The zero-order chi connectivity index (χ0) is 19.3. The monoisotopic (exact) mass is 366 g/mol. The van der Waals surface area contributed by atoms with Crippen LogP contribution >= 0.6 is 0 Å². The molecule has 2 aromatic rings. The number of rotatable bonds is 7. The molecule has 1 fully saturated rings. The number of aliphatic hydroxyl groups is 1. The van der Waals surface area contributed by atoms with Gasteiger partial charge in [-0.05, 0) is 55.4 Å². The van der Waals surface area contributed by atoms with E-state index < -0.39 is 5.60 Å². The van der Waals surface area contributed by atoms with Crippen LogP contribution in [0, 0.1) is 13.8 Å². The Morgan fingerprint density at radius 1 is 1.07 bits per heavy atom. The molecule has 0 saturated carbocycles. The molecular weight excluding hydrogens is 336 g/mol. The van der Waals surface area contributed by atoms with Gasteiger partial charge in [-0.15, -0.1) is 0 Å². The van der Waals surface area contributed by atoms with E-state index >= 15 is 0 Å². The third-order valence-corrected chi connectivity index (χ3v) is 5.53. The summed E-state index contributed by atoms with van der Waals surface area (Å²) in [6, 6.07) is 16.5. The maximum absolute atomic E-state index is 12.8. The summed E-state index contributed by atoms with van der Waals surface area (Å²) in [5.41, 5.74) is 3.62. The number of hydrogen-bond acceptors (Lipinski definition) is 3. The van der Waals surface area contributed by atoms with Crippen molar-refractivity contribution >= 4 is 5.91 Å².